The van der Waals surface area contributed by atoms with Gasteiger partial charge in [-0.3, -0.25) is 4.79 Å². The van der Waals surface area contributed by atoms with Crippen molar-refractivity contribution >= 4 is 23.2 Å². The van der Waals surface area contributed by atoms with Crippen LogP contribution >= 0.6 is 11.6 Å². The largest absolute Gasteiger partial charge is 0.494 e. The monoisotopic (exact) mass is 353 g/mol. The van der Waals surface area contributed by atoms with Crippen molar-refractivity contribution in [3.63, 3.8) is 0 Å². The molecule has 2 aromatic rings. The minimum absolute atomic E-state index is 0.129. The first-order valence-electron chi connectivity index (χ1n) is 7.70. The van der Waals surface area contributed by atoms with Crippen LogP contribution < -0.4 is 10.1 Å². The fourth-order valence-corrected chi connectivity index (χ4v) is 2.31. The maximum atomic E-state index is 13.3. The van der Waals surface area contributed by atoms with E-state index in [2.05, 4.69) is 12.2 Å². The SMILES string of the molecule is CCCCCOc1ccc(NC(=O)c2cc(F)c(F)cc2Cl)cc1. The molecule has 24 heavy (non-hydrogen) atoms. The number of ether oxygens (including phenoxy) is 1. The summed E-state index contributed by atoms with van der Waals surface area (Å²) in [5.41, 5.74) is 0.372. The number of hydrogen-bond donors (Lipinski definition) is 1. The van der Waals surface area contributed by atoms with E-state index < -0.39 is 17.5 Å². The maximum Gasteiger partial charge on any atom is 0.257 e. The molecule has 1 amide bonds. The number of nitrogens with one attached hydrogen (secondary N) is 1. The normalized spacial score (nSPS) is 10.5. The fraction of sp³-hybridized carbons (Fsp3) is 0.278. The molecular formula is C18H18ClF2NO2. The molecule has 0 aliphatic carbocycles. The summed E-state index contributed by atoms with van der Waals surface area (Å²) in [6.07, 6.45) is 3.23. The Bertz CT molecular complexity index is 705. The highest BCUT2D eigenvalue weighted by molar-refractivity contribution is 6.34. The van der Waals surface area contributed by atoms with Crippen molar-refractivity contribution in [2.45, 2.75) is 26.2 Å². The lowest BCUT2D eigenvalue weighted by Gasteiger charge is -2.09. The second kappa shape index (κ2) is 8.64. The van der Waals surface area contributed by atoms with Crippen LogP contribution in [-0.2, 0) is 0 Å². The molecule has 0 heterocycles. The van der Waals surface area contributed by atoms with Gasteiger partial charge in [-0.05, 0) is 42.8 Å². The topological polar surface area (TPSA) is 38.3 Å². The Morgan fingerprint density at radius 2 is 1.79 bits per heavy atom. The number of hydrogen-bond acceptors (Lipinski definition) is 2. The Morgan fingerprint density at radius 3 is 2.46 bits per heavy atom. The molecular weight excluding hydrogens is 336 g/mol. The summed E-state index contributed by atoms with van der Waals surface area (Å²) in [5.74, 6) is -2.13. The molecule has 2 aromatic carbocycles. The molecule has 128 valence electrons. The molecule has 1 N–H and O–H groups in total. The van der Waals surface area contributed by atoms with Gasteiger partial charge < -0.3 is 10.1 Å². The van der Waals surface area contributed by atoms with E-state index in [9.17, 15) is 13.6 Å². The lowest BCUT2D eigenvalue weighted by molar-refractivity contribution is 0.102. The van der Waals surface area contributed by atoms with E-state index in [0.717, 1.165) is 31.4 Å². The van der Waals surface area contributed by atoms with Crippen molar-refractivity contribution in [1.82, 2.24) is 0 Å². The van der Waals surface area contributed by atoms with E-state index >= 15 is 0 Å². The van der Waals surface area contributed by atoms with Gasteiger partial charge in [0.25, 0.3) is 5.91 Å². The summed E-state index contributed by atoms with van der Waals surface area (Å²) in [5, 5.41) is 2.43. The van der Waals surface area contributed by atoms with Gasteiger partial charge >= 0.3 is 0 Å². The van der Waals surface area contributed by atoms with Crippen molar-refractivity contribution < 1.29 is 18.3 Å². The number of halogens is 3. The van der Waals surface area contributed by atoms with Gasteiger partial charge in [-0.1, -0.05) is 31.4 Å². The molecule has 0 atom stereocenters. The predicted octanol–water partition coefficient (Wildman–Crippen LogP) is 5.44. The standard InChI is InChI=1S/C18H18ClF2NO2/c1-2-3-4-9-24-13-7-5-12(6-8-13)22-18(23)14-10-16(20)17(21)11-15(14)19/h5-8,10-11H,2-4,9H2,1H3,(H,22,23). The van der Waals surface area contributed by atoms with Gasteiger partial charge in [0.05, 0.1) is 17.2 Å². The van der Waals surface area contributed by atoms with Crippen molar-refractivity contribution in [2.75, 3.05) is 11.9 Å². The van der Waals surface area contributed by atoms with Crippen LogP contribution in [0.15, 0.2) is 36.4 Å². The first-order chi connectivity index (χ1) is 11.5. The molecule has 2 rings (SSSR count). The van der Waals surface area contributed by atoms with Crippen LogP contribution in [0.3, 0.4) is 0 Å². The molecule has 6 heteroatoms. The lowest BCUT2D eigenvalue weighted by Crippen LogP contribution is -2.13. The molecule has 0 saturated heterocycles. The third-order valence-corrected chi connectivity index (χ3v) is 3.70. The number of unbranched alkanes of at least 4 members (excludes halogenated alkanes) is 2. The van der Waals surface area contributed by atoms with Crippen molar-refractivity contribution in [2.24, 2.45) is 0 Å². The van der Waals surface area contributed by atoms with E-state index in [0.29, 0.717) is 18.0 Å². The number of carbonyl (C=O) groups excluding carboxylic acids is 1. The van der Waals surface area contributed by atoms with Gasteiger partial charge in [-0.25, -0.2) is 8.78 Å². The van der Waals surface area contributed by atoms with Gasteiger partial charge in [-0.2, -0.15) is 0 Å². The maximum absolute atomic E-state index is 13.3. The van der Waals surface area contributed by atoms with E-state index in [1.807, 2.05) is 0 Å². The zero-order valence-electron chi connectivity index (χ0n) is 13.2. The predicted molar refractivity (Wildman–Crippen MR) is 90.8 cm³/mol. The molecule has 0 aliphatic rings. The zero-order chi connectivity index (χ0) is 17.5. The smallest absolute Gasteiger partial charge is 0.257 e. The van der Waals surface area contributed by atoms with Crippen LogP contribution in [0.5, 0.6) is 5.75 Å². The van der Waals surface area contributed by atoms with Crippen LogP contribution in [0.25, 0.3) is 0 Å². The molecule has 0 aliphatic heterocycles. The Kier molecular flexibility index (Phi) is 6.55. The van der Waals surface area contributed by atoms with Crippen LogP contribution in [0.2, 0.25) is 5.02 Å². The lowest BCUT2D eigenvalue weighted by atomic mass is 10.2. The summed E-state index contributed by atoms with van der Waals surface area (Å²) in [6.45, 7) is 2.76. The third-order valence-electron chi connectivity index (χ3n) is 3.38. The van der Waals surface area contributed by atoms with Gasteiger partial charge in [0.15, 0.2) is 11.6 Å². The first-order valence-corrected chi connectivity index (χ1v) is 8.08. The quantitative estimate of drug-likeness (QED) is 0.531. The van der Waals surface area contributed by atoms with Gasteiger partial charge in [0.2, 0.25) is 0 Å². The van der Waals surface area contributed by atoms with Crippen LogP contribution in [0.1, 0.15) is 36.5 Å². The highest BCUT2D eigenvalue weighted by Gasteiger charge is 2.15. The molecule has 3 nitrogen and oxygen atoms in total. The zero-order valence-corrected chi connectivity index (χ0v) is 14.0. The van der Waals surface area contributed by atoms with E-state index in [-0.39, 0.29) is 10.6 Å². The third kappa shape index (κ3) is 4.93. The highest BCUT2D eigenvalue weighted by Crippen LogP contribution is 2.22. The van der Waals surface area contributed by atoms with Gasteiger partial charge in [0, 0.05) is 5.69 Å². The molecule has 0 bridgehead atoms. The van der Waals surface area contributed by atoms with Crippen molar-refractivity contribution in [3.8, 4) is 5.75 Å². The molecule has 0 spiro atoms. The van der Waals surface area contributed by atoms with Crippen LogP contribution in [0, 0.1) is 11.6 Å². The second-order valence-electron chi connectivity index (χ2n) is 5.28. The van der Waals surface area contributed by atoms with Gasteiger partial charge in [0.1, 0.15) is 5.75 Å². The Labute approximate surface area is 144 Å². The fourth-order valence-electron chi connectivity index (χ4n) is 2.07. The average molecular weight is 354 g/mol. The van der Waals surface area contributed by atoms with Crippen LogP contribution in [0.4, 0.5) is 14.5 Å². The molecule has 0 radical (unpaired) electrons. The summed E-state index contributed by atoms with van der Waals surface area (Å²) in [7, 11) is 0. The summed E-state index contributed by atoms with van der Waals surface area (Å²) < 4.78 is 31.9. The van der Waals surface area contributed by atoms with Gasteiger partial charge in [-0.15, -0.1) is 0 Å². The number of benzene rings is 2. The van der Waals surface area contributed by atoms with E-state index in [1.165, 1.54) is 0 Å². The minimum atomic E-state index is -1.12. The Balaban J connectivity index is 1.98. The Morgan fingerprint density at radius 1 is 1.12 bits per heavy atom. The summed E-state index contributed by atoms with van der Waals surface area (Å²) >= 11 is 5.78. The first kappa shape index (κ1) is 18.2. The minimum Gasteiger partial charge on any atom is -0.494 e. The molecule has 0 aromatic heterocycles. The molecule has 0 fully saturated rings. The van der Waals surface area contributed by atoms with E-state index in [4.69, 9.17) is 16.3 Å². The number of amides is 1. The molecule has 0 unspecified atom stereocenters. The number of anilines is 1. The highest BCUT2D eigenvalue weighted by atomic mass is 35.5. The summed E-state index contributed by atoms with van der Waals surface area (Å²) in [6, 6.07) is 8.35. The number of carbonyl (C=O) groups is 1. The van der Waals surface area contributed by atoms with Crippen molar-refractivity contribution in [1.29, 1.82) is 0 Å². The molecule has 0 saturated carbocycles. The Hall–Kier alpha value is -2.14. The second-order valence-corrected chi connectivity index (χ2v) is 5.69. The van der Waals surface area contributed by atoms with E-state index in [1.54, 1.807) is 24.3 Å². The number of rotatable bonds is 7. The van der Waals surface area contributed by atoms with Crippen LogP contribution in [-0.4, -0.2) is 12.5 Å². The average Bonchev–Trinajstić information content (AvgIpc) is 2.56. The van der Waals surface area contributed by atoms with Crippen molar-refractivity contribution in [3.05, 3.63) is 58.6 Å². The summed E-state index contributed by atoms with van der Waals surface area (Å²) in [4.78, 5) is 12.1.